The number of morpholine rings is 1. The summed E-state index contributed by atoms with van der Waals surface area (Å²) in [5.41, 5.74) is 5.97. The number of pyridine rings is 1. The van der Waals surface area contributed by atoms with Crippen LogP contribution in [0.25, 0.3) is 5.69 Å². The van der Waals surface area contributed by atoms with E-state index in [2.05, 4.69) is 60.3 Å². The second kappa shape index (κ2) is 12.8. The summed E-state index contributed by atoms with van der Waals surface area (Å²) >= 11 is 0. The van der Waals surface area contributed by atoms with Crippen molar-refractivity contribution in [2.75, 3.05) is 31.6 Å². The van der Waals surface area contributed by atoms with E-state index in [1.54, 1.807) is 4.68 Å². The number of nitrogens with one attached hydrogen (secondary N) is 2. The number of rotatable bonds is 7. The largest absolute Gasteiger partial charge is 0.484 e. The average molecular weight is 595 g/mol. The maximum absolute atomic E-state index is 13.4. The van der Waals surface area contributed by atoms with Crippen LogP contribution >= 0.6 is 0 Å². The van der Waals surface area contributed by atoms with Crippen LogP contribution in [0.5, 0.6) is 5.75 Å². The van der Waals surface area contributed by atoms with Crippen LogP contribution in [-0.2, 0) is 16.7 Å². The van der Waals surface area contributed by atoms with Crippen LogP contribution in [-0.4, -0.2) is 52.0 Å². The van der Waals surface area contributed by atoms with E-state index in [4.69, 9.17) is 14.6 Å². The van der Waals surface area contributed by atoms with Crippen molar-refractivity contribution in [2.24, 2.45) is 0 Å². The van der Waals surface area contributed by atoms with Crippen molar-refractivity contribution < 1.29 is 14.3 Å². The van der Waals surface area contributed by atoms with Crippen LogP contribution in [0.15, 0.2) is 72.9 Å². The molecule has 9 heteroatoms. The molecule has 44 heavy (non-hydrogen) atoms. The van der Waals surface area contributed by atoms with Gasteiger partial charge < -0.3 is 14.8 Å². The molecular weight excluding hydrogens is 552 g/mol. The van der Waals surface area contributed by atoms with Gasteiger partial charge in [0.2, 0.25) is 0 Å². The highest BCUT2D eigenvalue weighted by Gasteiger charge is 2.30. The maximum Gasteiger partial charge on any atom is 0.320 e. The maximum atomic E-state index is 13.4. The van der Waals surface area contributed by atoms with Crippen LogP contribution < -0.4 is 15.4 Å². The van der Waals surface area contributed by atoms with Gasteiger partial charge in [0.1, 0.15) is 17.7 Å². The van der Waals surface area contributed by atoms with E-state index < -0.39 is 0 Å². The van der Waals surface area contributed by atoms with Gasteiger partial charge in [0.05, 0.1) is 42.5 Å². The van der Waals surface area contributed by atoms with Gasteiger partial charge in [0.15, 0.2) is 0 Å². The van der Waals surface area contributed by atoms with Crippen molar-refractivity contribution in [3.05, 3.63) is 101 Å². The third kappa shape index (κ3) is 6.95. The minimum absolute atomic E-state index is 0.114. The van der Waals surface area contributed by atoms with Crippen LogP contribution in [0.4, 0.5) is 10.6 Å². The fourth-order valence-corrected chi connectivity index (χ4v) is 5.78. The number of anilines is 1. The summed E-state index contributed by atoms with van der Waals surface area (Å²) < 4.78 is 13.7. The summed E-state index contributed by atoms with van der Waals surface area (Å²) in [6.45, 7) is 12.6. The fraction of sp³-hybridized carbons (Fsp3) is 0.400. The molecule has 2 amide bonds. The molecule has 6 rings (SSSR count). The van der Waals surface area contributed by atoms with E-state index in [-0.39, 0.29) is 23.6 Å². The number of amides is 2. The second-order valence-corrected chi connectivity index (χ2v) is 12.7. The molecule has 0 unspecified atom stereocenters. The molecule has 3 heterocycles. The van der Waals surface area contributed by atoms with E-state index in [1.807, 2.05) is 60.8 Å². The lowest BCUT2D eigenvalue weighted by atomic mass is 9.85. The third-order valence-electron chi connectivity index (χ3n) is 8.30. The highest BCUT2D eigenvalue weighted by molar-refractivity contribution is 5.89. The predicted molar refractivity (Wildman–Crippen MR) is 171 cm³/mol. The molecular formula is C35H42N6O3. The summed E-state index contributed by atoms with van der Waals surface area (Å²) in [6, 6.07) is 21.9. The first-order valence-electron chi connectivity index (χ1n) is 15.5. The molecule has 2 N–H and O–H groups in total. The van der Waals surface area contributed by atoms with Crippen molar-refractivity contribution in [2.45, 2.75) is 64.6 Å². The highest BCUT2D eigenvalue weighted by atomic mass is 16.5. The van der Waals surface area contributed by atoms with Gasteiger partial charge in [-0.1, -0.05) is 62.7 Å². The van der Waals surface area contributed by atoms with Crippen molar-refractivity contribution in [1.82, 2.24) is 25.0 Å². The Balaban J connectivity index is 1.13. The van der Waals surface area contributed by atoms with E-state index in [0.717, 1.165) is 79.6 Å². The number of aromatic nitrogens is 3. The van der Waals surface area contributed by atoms with E-state index in [9.17, 15) is 4.79 Å². The fourth-order valence-electron chi connectivity index (χ4n) is 5.78. The summed E-state index contributed by atoms with van der Waals surface area (Å²) in [6.07, 6.45) is 3.23. The van der Waals surface area contributed by atoms with Crippen molar-refractivity contribution in [3.63, 3.8) is 0 Å². The monoisotopic (exact) mass is 594 g/mol. The minimum atomic E-state index is -0.266. The molecule has 2 aliphatic rings. The first-order valence-corrected chi connectivity index (χ1v) is 15.5. The molecule has 2 aromatic heterocycles. The molecule has 4 aromatic rings. The molecule has 0 spiro atoms. The normalized spacial score (nSPS) is 18.8. The number of fused-ring (bicyclic) bond motifs is 1. The van der Waals surface area contributed by atoms with Crippen LogP contribution in [0.1, 0.15) is 73.8 Å². The smallest absolute Gasteiger partial charge is 0.320 e. The number of aryl methyl sites for hydroxylation is 1. The van der Waals surface area contributed by atoms with Gasteiger partial charge in [-0.2, -0.15) is 5.10 Å². The van der Waals surface area contributed by atoms with Crippen LogP contribution in [0.3, 0.4) is 0 Å². The van der Waals surface area contributed by atoms with Gasteiger partial charge in [0, 0.05) is 31.1 Å². The van der Waals surface area contributed by atoms with Crippen molar-refractivity contribution >= 4 is 11.8 Å². The number of carbonyl (C=O) groups excluding carboxylic acids is 1. The van der Waals surface area contributed by atoms with Gasteiger partial charge in [0.25, 0.3) is 0 Å². The molecule has 2 atom stereocenters. The third-order valence-corrected chi connectivity index (χ3v) is 8.30. The topological polar surface area (TPSA) is 93.5 Å². The standard InChI is InChI=1S/C35H42N6O3/c1-24-9-12-26(13-10-24)41-33(21-32(39-41)35(2,3)4)38-34(42)37-30-15-16-31(29-8-6-5-7-28(29)30)44-27-14-11-25(36-22-27)23-40-17-19-43-20-18-40/h5-14,21-22,30-31H,15-20,23H2,1-4H3,(H2,37,38,42)/t30-,31+/m0/s1. The lowest BCUT2D eigenvalue weighted by Gasteiger charge is -2.32. The Labute approximate surface area is 259 Å². The van der Waals surface area contributed by atoms with Gasteiger partial charge in [-0.3, -0.25) is 15.2 Å². The summed E-state index contributed by atoms with van der Waals surface area (Å²) in [7, 11) is 0. The molecule has 1 aliphatic heterocycles. The Bertz CT molecular complexity index is 1570. The molecule has 0 radical (unpaired) electrons. The number of carbonyl (C=O) groups is 1. The molecule has 1 fully saturated rings. The van der Waals surface area contributed by atoms with Crippen LogP contribution in [0, 0.1) is 6.92 Å². The molecule has 1 aliphatic carbocycles. The quantitative estimate of drug-likeness (QED) is 0.254. The Hall–Kier alpha value is -4.21. The molecule has 1 saturated heterocycles. The number of nitrogens with zero attached hydrogens (tertiary/aromatic N) is 4. The first-order chi connectivity index (χ1) is 21.2. The number of ether oxygens (including phenoxy) is 2. The number of hydrogen-bond acceptors (Lipinski definition) is 6. The summed E-state index contributed by atoms with van der Waals surface area (Å²) in [4.78, 5) is 20.4. The zero-order valence-electron chi connectivity index (χ0n) is 26.0. The lowest BCUT2D eigenvalue weighted by molar-refractivity contribution is 0.0336. The molecule has 0 saturated carbocycles. The molecule has 230 valence electrons. The zero-order valence-corrected chi connectivity index (χ0v) is 26.0. The molecule has 9 nitrogen and oxygen atoms in total. The Morgan fingerprint density at radius 2 is 1.75 bits per heavy atom. The van der Waals surface area contributed by atoms with Crippen LogP contribution in [0.2, 0.25) is 0 Å². The van der Waals surface area contributed by atoms with E-state index in [1.165, 1.54) is 5.56 Å². The SMILES string of the molecule is Cc1ccc(-n2nc(C(C)(C)C)cc2NC(=O)N[C@H]2CC[C@@H](Oc3ccc(CN4CCOCC4)nc3)c3ccccc32)cc1. The zero-order chi connectivity index (χ0) is 30.7. The van der Waals surface area contributed by atoms with Crippen molar-refractivity contribution in [3.8, 4) is 11.4 Å². The summed E-state index contributed by atoms with van der Waals surface area (Å²) in [5, 5.41) is 11.1. The number of urea groups is 1. The Morgan fingerprint density at radius 1 is 1.00 bits per heavy atom. The predicted octanol–water partition coefficient (Wildman–Crippen LogP) is 6.48. The lowest BCUT2D eigenvalue weighted by Crippen LogP contribution is -2.36. The molecule has 2 aromatic carbocycles. The number of hydrogen-bond donors (Lipinski definition) is 2. The average Bonchev–Trinajstić information content (AvgIpc) is 3.44. The minimum Gasteiger partial charge on any atom is -0.484 e. The second-order valence-electron chi connectivity index (χ2n) is 12.7. The van der Waals surface area contributed by atoms with Gasteiger partial charge >= 0.3 is 6.03 Å². The Morgan fingerprint density at radius 3 is 2.45 bits per heavy atom. The first kappa shape index (κ1) is 29.8. The van der Waals surface area contributed by atoms with Gasteiger partial charge in [-0.05, 0) is 55.2 Å². The van der Waals surface area contributed by atoms with E-state index in [0.29, 0.717) is 5.82 Å². The summed E-state index contributed by atoms with van der Waals surface area (Å²) in [5.74, 6) is 1.38. The van der Waals surface area contributed by atoms with E-state index >= 15 is 0 Å². The number of benzene rings is 2. The van der Waals surface area contributed by atoms with Gasteiger partial charge in [-0.25, -0.2) is 9.48 Å². The molecule has 0 bridgehead atoms. The van der Waals surface area contributed by atoms with Gasteiger partial charge in [-0.15, -0.1) is 0 Å². The highest BCUT2D eigenvalue weighted by Crippen LogP contribution is 2.39. The van der Waals surface area contributed by atoms with Crippen molar-refractivity contribution in [1.29, 1.82) is 0 Å². The Kier molecular flexibility index (Phi) is 8.68.